The second kappa shape index (κ2) is 12.3. The summed E-state index contributed by atoms with van der Waals surface area (Å²) in [6, 6.07) is 19.6. The molecule has 4 aromatic carbocycles. The number of anilines is 3. The van der Waals surface area contributed by atoms with E-state index in [1.165, 1.54) is 56.8 Å². The predicted molar refractivity (Wildman–Crippen MR) is 163 cm³/mol. The summed E-state index contributed by atoms with van der Waals surface area (Å²) in [5.74, 6) is -0.573. The molecule has 43 heavy (non-hydrogen) atoms. The van der Waals surface area contributed by atoms with Gasteiger partial charge in [-0.1, -0.05) is 23.5 Å². The number of hydrogen-bond acceptors (Lipinski definition) is 10. The van der Waals surface area contributed by atoms with E-state index in [9.17, 15) is 22.7 Å². The van der Waals surface area contributed by atoms with Crippen molar-refractivity contribution in [2.75, 3.05) is 24.3 Å². The number of hydrazone groups is 1. The fraction of sp³-hybridized carbons (Fsp3) is 0.0690. The molecule has 0 saturated heterocycles. The Morgan fingerprint density at radius 1 is 1.00 bits per heavy atom. The van der Waals surface area contributed by atoms with Gasteiger partial charge < -0.3 is 19.9 Å². The van der Waals surface area contributed by atoms with Crippen LogP contribution in [0.5, 0.6) is 17.2 Å². The van der Waals surface area contributed by atoms with Crippen LogP contribution in [0.1, 0.15) is 15.9 Å². The number of methoxy groups -OCH3 is 2. The van der Waals surface area contributed by atoms with Crippen molar-refractivity contribution >= 4 is 60.2 Å². The number of carbonyl (C=O) groups is 1. The highest BCUT2D eigenvalue weighted by Gasteiger charge is 2.22. The van der Waals surface area contributed by atoms with Crippen LogP contribution >= 0.6 is 11.3 Å². The molecular formula is C29H24FN5O6S2. The smallest absolute Gasteiger partial charge is 0.275 e. The van der Waals surface area contributed by atoms with E-state index >= 15 is 0 Å². The van der Waals surface area contributed by atoms with Gasteiger partial charge >= 0.3 is 0 Å². The van der Waals surface area contributed by atoms with E-state index in [0.717, 1.165) is 17.4 Å². The van der Waals surface area contributed by atoms with Crippen LogP contribution in [0, 0.1) is 5.82 Å². The van der Waals surface area contributed by atoms with Crippen molar-refractivity contribution in [3.05, 3.63) is 95.8 Å². The highest BCUT2D eigenvalue weighted by atomic mass is 32.2. The van der Waals surface area contributed by atoms with E-state index in [4.69, 9.17) is 9.47 Å². The Morgan fingerprint density at radius 2 is 1.74 bits per heavy atom. The van der Waals surface area contributed by atoms with E-state index in [1.54, 1.807) is 36.4 Å². The topological polar surface area (TPSA) is 151 Å². The van der Waals surface area contributed by atoms with Gasteiger partial charge in [0, 0.05) is 0 Å². The number of nitrogens with zero attached hydrogens (tertiary/aromatic N) is 2. The number of thiazole rings is 1. The molecule has 0 saturated carbocycles. The van der Waals surface area contributed by atoms with Gasteiger partial charge in [-0.15, -0.1) is 0 Å². The van der Waals surface area contributed by atoms with Crippen LogP contribution in [-0.4, -0.2) is 44.8 Å². The third-order valence-electron chi connectivity index (χ3n) is 6.09. The number of para-hydroxylation sites is 2. The van der Waals surface area contributed by atoms with E-state index in [-0.39, 0.29) is 32.8 Å². The van der Waals surface area contributed by atoms with Crippen molar-refractivity contribution in [1.82, 2.24) is 10.4 Å². The fourth-order valence-corrected chi connectivity index (χ4v) is 6.22. The lowest BCUT2D eigenvalue weighted by molar-refractivity contribution is 0.0952. The number of benzene rings is 4. The van der Waals surface area contributed by atoms with E-state index < -0.39 is 21.7 Å². The van der Waals surface area contributed by atoms with Crippen molar-refractivity contribution < 1.29 is 32.2 Å². The number of nitrogens with one attached hydrogen (secondary N) is 3. The Morgan fingerprint density at radius 3 is 2.49 bits per heavy atom. The van der Waals surface area contributed by atoms with E-state index in [1.807, 2.05) is 0 Å². The SMILES string of the molecule is COc1ccccc1Nc1c(F)ccc2nc(NS(=O)(=O)c3ccc(OC)c(C(=O)N/N=C/c4ccc(O)cc4)c3)sc12. The first-order valence-corrected chi connectivity index (χ1v) is 14.8. The molecule has 0 aliphatic heterocycles. The first kappa shape index (κ1) is 29.3. The van der Waals surface area contributed by atoms with Crippen LogP contribution in [0.3, 0.4) is 0 Å². The molecule has 0 spiro atoms. The lowest BCUT2D eigenvalue weighted by Crippen LogP contribution is -2.20. The summed E-state index contributed by atoms with van der Waals surface area (Å²) in [4.78, 5) is 17.0. The maximum Gasteiger partial charge on any atom is 0.275 e. The molecule has 5 aromatic rings. The summed E-state index contributed by atoms with van der Waals surface area (Å²) in [5, 5.41) is 16.3. The number of phenols is 1. The third-order valence-corrected chi connectivity index (χ3v) is 8.56. The average molecular weight is 622 g/mol. The minimum atomic E-state index is -4.24. The van der Waals surface area contributed by atoms with Crippen molar-refractivity contribution in [1.29, 1.82) is 0 Å². The zero-order valence-corrected chi connectivity index (χ0v) is 24.3. The van der Waals surface area contributed by atoms with Crippen molar-refractivity contribution in [2.24, 2.45) is 5.10 Å². The Kier molecular flexibility index (Phi) is 8.41. The van der Waals surface area contributed by atoms with E-state index in [0.29, 0.717) is 27.2 Å². The van der Waals surface area contributed by atoms with Gasteiger partial charge in [-0.2, -0.15) is 5.10 Å². The minimum absolute atomic E-state index is 0.0102. The molecule has 1 amide bonds. The minimum Gasteiger partial charge on any atom is -0.508 e. The van der Waals surface area contributed by atoms with Gasteiger partial charge in [-0.3, -0.25) is 9.52 Å². The maximum atomic E-state index is 14.9. The van der Waals surface area contributed by atoms with Crippen LogP contribution in [-0.2, 0) is 10.0 Å². The molecule has 11 nitrogen and oxygen atoms in total. The summed E-state index contributed by atoms with van der Waals surface area (Å²) in [6.45, 7) is 0. The van der Waals surface area contributed by atoms with Crippen LogP contribution in [0.25, 0.3) is 10.2 Å². The molecule has 1 aromatic heterocycles. The molecule has 4 N–H and O–H groups in total. The normalized spacial score (nSPS) is 11.4. The van der Waals surface area contributed by atoms with E-state index in [2.05, 4.69) is 25.6 Å². The molecule has 0 bridgehead atoms. The Bertz CT molecular complexity index is 1950. The lowest BCUT2D eigenvalue weighted by Gasteiger charge is -2.12. The monoisotopic (exact) mass is 621 g/mol. The Hall–Kier alpha value is -5.21. The summed E-state index contributed by atoms with van der Waals surface area (Å²) >= 11 is 0.937. The summed E-state index contributed by atoms with van der Waals surface area (Å²) in [5.41, 5.74) is 3.86. The molecule has 0 unspecified atom stereocenters. The number of fused-ring (bicyclic) bond motifs is 1. The average Bonchev–Trinajstić information content (AvgIpc) is 3.41. The van der Waals surface area contributed by atoms with Crippen molar-refractivity contribution in [3.63, 3.8) is 0 Å². The number of aromatic hydroxyl groups is 1. The number of aromatic nitrogens is 1. The summed E-state index contributed by atoms with van der Waals surface area (Å²) < 4.78 is 54.9. The molecule has 220 valence electrons. The number of rotatable bonds is 10. The highest BCUT2D eigenvalue weighted by molar-refractivity contribution is 7.93. The van der Waals surface area contributed by atoms with Crippen LogP contribution in [0.15, 0.2) is 88.9 Å². The molecule has 0 radical (unpaired) electrons. The number of halogens is 1. The molecule has 1 heterocycles. The second-order valence-corrected chi connectivity index (χ2v) is 11.6. The second-order valence-electron chi connectivity index (χ2n) is 8.87. The molecular weight excluding hydrogens is 597 g/mol. The Labute approximate surface area is 249 Å². The molecule has 0 aliphatic rings. The maximum absolute atomic E-state index is 14.9. The zero-order valence-electron chi connectivity index (χ0n) is 22.7. The number of amides is 1. The fourth-order valence-electron chi connectivity index (χ4n) is 4.00. The molecule has 0 aliphatic carbocycles. The molecule has 0 atom stereocenters. The van der Waals surface area contributed by atoms with Gasteiger partial charge in [-0.25, -0.2) is 23.2 Å². The van der Waals surface area contributed by atoms with Crippen LogP contribution < -0.4 is 24.9 Å². The first-order valence-electron chi connectivity index (χ1n) is 12.5. The van der Waals surface area contributed by atoms with Crippen LogP contribution in [0.2, 0.25) is 0 Å². The zero-order chi connectivity index (χ0) is 30.6. The number of ether oxygens (including phenoxy) is 2. The van der Waals surface area contributed by atoms with Crippen LogP contribution in [0.4, 0.5) is 20.9 Å². The van der Waals surface area contributed by atoms with Gasteiger partial charge in [0.25, 0.3) is 15.9 Å². The summed E-state index contributed by atoms with van der Waals surface area (Å²) in [6.07, 6.45) is 1.36. The van der Waals surface area contributed by atoms with Gasteiger partial charge in [-0.05, 0) is 72.3 Å². The lowest BCUT2D eigenvalue weighted by atomic mass is 10.2. The Balaban J connectivity index is 1.40. The highest BCUT2D eigenvalue weighted by Crippen LogP contribution is 2.38. The van der Waals surface area contributed by atoms with Gasteiger partial charge in [0.15, 0.2) is 5.13 Å². The largest absolute Gasteiger partial charge is 0.508 e. The number of phenolic OH excluding ortho intramolecular Hbond substituents is 1. The summed E-state index contributed by atoms with van der Waals surface area (Å²) in [7, 11) is -1.40. The third kappa shape index (κ3) is 6.50. The van der Waals surface area contributed by atoms with Gasteiger partial charge in [0.2, 0.25) is 0 Å². The van der Waals surface area contributed by atoms with Crippen molar-refractivity contribution in [2.45, 2.75) is 4.90 Å². The molecule has 5 rings (SSSR count). The molecule has 14 heteroatoms. The molecule has 0 fully saturated rings. The quantitative estimate of drug-likeness (QED) is 0.118. The van der Waals surface area contributed by atoms with Gasteiger partial charge in [0.1, 0.15) is 23.1 Å². The number of sulfonamides is 1. The first-order chi connectivity index (χ1) is 20.7. The van der Waals surface area contributed by atoms with Crippen molar-refractivity contribution in [3.8, 4) is 17.2 Å². The number of carbonyl (C=O) groups excluding carboxylic acids is 1. The standard InChI is InChI=1S/C29H24FN5O6S2/c1-40-24-14-11-19(15-20(24)28(37)34-31-16-17-7-9-18(36)10-8-17)43(38,39)35-29-33-23-13-12-21(30)26(27(23)42-29)32-22-5-3-4-6-25(22)41-2/h3-16,32,36H,1-2H3,(H,33,35)(H,34,37)/b31-16+. The van der Waals surface area contributed by atoms with Gasteiger partial charge in [0.05, 0.1) is 52.5 Å². The predicted octanol–water partition coefficient (Wildman–Crippen LogP) is 5.47. The number of hydrogen-bond donors (Lipinski definition) is 4.